The second kappa shape index (κ2) is 9.35. The highest BCUT2D eigenvalue weighted by molar-refractivity contribution is 7.99. The highest BCUT2D eigenvalue weighted by Gasteiger charge is 2.19. The smallest absolute Gasteiger partial charge is 0.234 e. The van der Waals surface area contributed by atoms with Crippen LogP contribution in [0.1, 0.15) is 0 Å². The van der Waals surface area contributed by atoms with Gasteiger partial charge in [-0.3, -0.25) is 9.36 Å². The maximum Gasteiger partial charge on any atom is 0.234 e. The first kappa shape index (κ1) is 21.6. The zero-order valence-corrected chi connectivity index (χ0v) is 19.3. The van der Waals surface area contributed by atoms with Crippen molar-refractivity contribution in [2.45, 2.75) is 5.16 Å². The molecule has 1 aliphatic heterocycles. The van der Waals surface area contributed by atoms with Gasteiger partial charge in [0, 0.05) is 28.0 Å². The van der Waals surface area contributed by atoms with Crippen molar-refractivity contribution in [2.75, 3.05) is 17.9 Å². The van der Waals surface area contributed by atoms with E-state index in [1.165, 1.54) is 11.8 Å². The number of fused-ring (bicyclic) bond motifs is 1. The third kappa shape index (κ3) is 4.64. The van der Waals surface area contributed by atoms with Crippen LogP contribution >= 0.6 is 35.0 Å². The predicted octanol–water partition coefficient (Wildman–Crippen LogP) is 5.70. The molecule has 0 atom stereocenters. The summed E-state index contributed by atoms with van der Waals surface area (Å²) in [4.78, 5) is 12.6. The molecule has 166 valence electrons. The fourth-order valence-electron chi connectivity index (χ4n) is 3.30. The van der Waals surface area contributed by atoms with E-state index in [2.05, 4.69) is 15.5 Å². The molecule has 0 aliphatic carbocycles. The number of benzene rings is 3. The minimum Gasteiger partial charge on any atom is -0.454 e. The van der Waals surface area contributed by atoms with Crippen molar-refractivity contribution >= 4 is 46.6 Å². The molecule has 1 aromatic heterocycles. The van der Waals surface area contributed by atoms with Crippen molar-refractivity contribution in [1.29, 1.82) is 0 Å². The summed E-state index contributed by atoms with van der Waals surface area (Å²) >= 11 is 13.8. The molecule has 0 fully saturated rings. The van der Waals surface area contributed by atoms with Gasteiger partial charge in [0.15, 0.2) is 22.5 Å². The zero-order chi connectivity index (χ0) is 22.8. The van der Waals surface area contributed by atoms with Crippen LogP contribution in [0.3, 0.4) is 0 Å². The Bertz CT molecular complexity index is 1330. The fourth-order valence-corrected chi connectivity index (χ4v) is 4.40. The lowest BCUT2D eigenvalue weighted by molar-refractivity contribution is -0.113. The standard InChI is InChI=1S/C23H16Cl2N4O3S/c24-14-5-8-16(9-6-14)29-22(17-3-1-2-4-18(17)25)27-28-23(29)33-12-21(30)26-15-7-10-19-20(11-15)32-13-31-19/h1-11H,12-13H2,(H,26,30). The molecule has 0 spiro atoms. The first-order valence-electron chi connectivity index (χ1n) is 9.87. The summed E-state index contributed by atoms with van der Waals surface area (Å²) < 4.78 is 12.5. The number of hydrogen-bond acceptors (Lipinski definition) is 6. The molecular weight excluding hydrogens is 483 g/mol. The van der Waals surface area contributed by atoms with Crippen molar-refractivity contribution in [2.24, 2.45) is 0 Å². The quantitative estimate of drug-likeness (QED) is 0.343. The van der Waals surface area contributed by atoms with Gasteiger partial charge in [-0.05, 0) is 48.5 Å². The summed E-state index contributed by atoms with van der Waals surface area (Å²) in [5.74, 6) is 1.77. The molecule has 7 nitrogen and oxygen atoms in total. The van der Waals surface area contributed by atoms with Gasteiger partial charge in [-0.15, -0.1) is 10.2 Å². The van der Waals surface area contributed by atoms with Crippen LogP contribution < -0.4 is 14.8 Å². The first-order valence-corrected chi connectivity index (χ1v) is 11.6. The van der Waals surface area contributed by atoms with Crippen molar-refractivity contribution in [3.63, 3.8) is 0 Å². The molecule has 4 aromatic rings. The molecule has 1 amide bonds. The van der Waals surface area contributed by atoms with Gasteiger partial charge in [0.05, 0.1) is 10.8 Å². The number of nitrogens with zero attached hydrogens (tertiary/aromatic N) is 3. The lowest BCUT2D eigenvalue weighted by atomic mass is 10.2. The van der Waals surface area contributed by atoms with Gasteiger partial charge in [-0.1, -0.05) is 47.1 Å². The monoisotopic (exact) mass is 498 g/mol. The molecule has 0 bridgehead atoms. The Hall–Kier alpha value is -3.20. The average Bonchev–Trinajstić information content (AvgIpc) is 3.45. The molecular formula is C23H16Cl2N4O3S. The van der Waals surface area contributed by atoms with E-state index in [1.54, 1.807) is 36.4 Å². The molecule has 0 saturated heterocycles. The second-order valence-electron chi connectivity index (χ2n) is 7.00. The Labute approximate surface area is 203 Å². The molecule has 2 heterocycles. The van der Waals surface area contributed by atoms with E-state index < -0.39 is 0 Å². The first-order chi connectivity index (χ1) is 16.1. The van der Waals surface area contributed by atoms with Gasteiger partial charge in [-0.2, -0.15) is 0 Å². The summed E-state index contributed by atoms with van der Waals surface area (Å²) in [7, 11) is 0. The van der Waals surface area contributed by atoms with Crippen molar-refractivity contribution in [3.8, 4) is 28.6 Å². The maximum absolute atomic E-state index is 12.6. The van der Waals surface area contributed by atoms with Gasteiger partial charge in [-0.25, -0.2) is 0 Å². The average molecular weight is 499 g/mol. The number of carbonyl (C=O) groups is 1. The van der Waals surface area contributed by atoms with E-state index in [0.717, 1.165) is 11.3 Å². The summed E-state index contributed by atoms with van der Waals surface area (Å²) in [6.45, 7) is 0.177. The van der Waals surface area contributed by atoms with Gasteiger partial charge < -0.3 is 14.8 Å². The molecule has 33 heavy (non-hydrogen) atoms. The van der Waals surface area contributed by atoms with Crippen LogP contribution in [0.15, 0.2) is 71.9 Å². The number of thioether (sulfide) groups is 1. The summed E-state index contributed by atoms with van der Waals surface area (Å²) in [5, 5.41) is 13.3. The van der Waals surface area contributed by atoms with Gasteiger partial charge in [0.25, 0.3) is 0 Å². The number of ether oxygens (including phenoxy) is 2. The minimum absolute atomic E-state index is 0.128. The number of anilines is 1. The van der Waals surface area contributed by atoms with Crippen LogP contribution in [-0.4, -0.2) is 33.2 Å². The topological polar surface area (TPSA) is 78.3 Å². The van der Waals surface area contributed by atoms with E-state index in [-0.39, 0.29) is 18.5 Å². The Morgan fingerprint density at radius 2 is 1.79 bits per heavy atom. The van der Waals surface area contributed by atoms with Gasteiger partial charge in [0.1, 0.15) is 0 Å². The lowest BCUT2D eigenvalue weighted by Crippen LogP contribution is -2.14. The van der Waals surface area contributed by atoms with Crippen LogP contribution in [-0.2, 0) is 4.79 Å². The summed E-state index contributed by atoms with van der Waals surface area (Å²) in [6, 6.07) is 20.0. The Morgan fingerprint density at radius 1 is 1.00 bits per heavy atom. The Balaban J connectivity index is 1.39. The van der Waals surface area contributed by atoms with E-state index in [1.807, 2.05) is 34.9 Å². The zero-order valence-electron chi connectivity index (χ0n) is 17.0. The Kier molecular flexibility index (Phi) is 6.13. The van der Waals surface area contributed by atoms with Crippen LogP contribution in [0.2, 0.25) is 10.0 Å². The number of carbonyl (C=O) groups excluding carboxylic acids is 1. The maximum atomic E-state index is 12.6. The van der Waals surface area contributed by atoms with E-state index in [9.17, 15) is 4.79 Å². The molecule has 0 saturated carbocycles. The summed E-state index contributed by atoms with van der Waals surface area (Å²) in [5.41, 5.74) is 2.16. The lowest BCUT2D eigenvalue weighted by Gasteiger charge is -2.11. The molecule has 5 rings (SSSR count). The van der Waals surface area contributed by atoms with E-state index in [0.29, 0.717) is 38.2 Å². The van der Waals surface area contributed by atoms with Crippen LogP contribution in [0, 0.1) is 0 Å². The number of rotatable bonds is 6. The van der Waals surface area contributed by atoms with E-state index in [4.69, 9.17) is 32.7 Å². The van der Waals surface area contributed by atoms with Gasteiger partial charge >= 0.3 is 0 Å². The van der Waals surface area contributed by atoms with Crippen molar-refractivity contribution < 1.29 is 14.3 Å². The fraction of sp³-hybridized carbons (Fsp3) is 0.0870. The summed E-state index contributed by atoms with van der Waals surface area (Å²) in [6.07, 6.45) is 0. The SMILES string of the molecule is O=C(CSc1nnc(-c2ccccc2Cl)n1-c1ccc(Cl)cc1)Nc1ccc2c(c1)OCO2. The highest BCUT2D eigenvalue weighted by Crippen LogP contribution is 2.35. The molecule has 3 aromatic carbocycles. The number of amides is 1. The highest BCUT2D eigenvalue weighted by atomic mass is 35.5. The molecule has 0 radical (unpaired) electrons. The minimum atomic E-state index is -0.191. The van der Waals surface area contributed by atoms with Crippen LogP contribution in [0.25, 0.3) is 17.1 Å². The number of halogens is 2. The van der Waals surface area contributed by atoms with Gasteiger partial charge in [0.2, 0.25) is 12.7 Å². The molecule has 0 unspecified atom stereocenters. The number of aromatic nitrogens is 3. The predicted molar refractivity (Wildman–Crippen MR) is 129 cm³/mol. The van der Waals surface area contributed by atoms with E-state index >= 15 is 0 Å². The third-order valence-electron chi connectivity index (χ3n) is 4.82. The number of nitrogens with one attached hydrogen (secondary N) is 1. The third-order valence-corrected chi connectivity index (χ3v) is 6.33. The number of hydrogen-bond donors (Lipinski definition) is 1. The van der Waals surface area contributed by atoms with Crippen LogP contribution in [0.5, 0.6) is 11.5 Å². The molecule has 1 aliphatic rings. The molecule has 10 heteroatoms. The van der Waals surface area contributed by atoms with Crippen molar-refractivity contribution in [3.05, 3.63) is 76.8 Å². The molecule has 1 N–H and O–H groups in total. The normalized spacial score (nSPS) is 12.1. The Morgan fingerprint density at radius 3 is 2.61 bits per heavy atom. The largest absolute Gasteiger partial charge is 0.454 e. The van der Waals surface area contributed by atoms with Crippen molar-refractivity contribution in [1.82, 2.24) is 14.8 Å². The van der Waals surface area contributed by atoms with Crippen LogP contribution in [0.4, 0.5) is 5.69 Å². The second-order valence-corrected chi connectivity index (χ2v) is 8.79.